The first-order valence-corrected chi connectivity index (χ1v) is 11.1. The van der Waals surface area contributed by atoms with Crippen LogP contribution >= 0.6 is 0 Å². The fourth-order valence-corrected chi connectivity index (χ4v) is 3.35. The van der Waals surface area contributed by atoms with Gasteiger partial charge in [-0.25, -0.2) is 4.68 Å². The minimum atomic E-state index is -0.367. The Labute approximate surface area is 198 Å². The predicted octanol–water partition coefficient (Wildman–Crippen LogP) is 5.63. The number of nitrogens with one attached hydrogen (secondary N) is 1. The zero-order chi connectivity index (χ0) is 23.8. The third kappa shape index (κ3) is 5.95. The molecule has 7 nitrogen and oxygen atoms in total. The topological polar surface area (TPSA) is 78.5 Å². The van der Waals surface area contributed by atoms with Crippen molar-refractivity contribution in [2.75, 3.05) is 5.32 Å². The summed E-state index contributed by atoms with van der Waals surface area (Å²) >= 11 is 0. The summed E-state index contributed by atoms with van der Waals surface area (Å²) in [6.45, 7) is 6.33. The summed E-state index contributed by atoms with van der Waals surface area (Å²) in [5, 5.41) is 7.00. The summed E-state index contributed by atoms with van der Waals surface area (Å²) in [7, 11) is 0. The number of carbonyl (C=O) groups is 1. The Morgan fingerprint density at radius 2 is 1.94 bits per heavy atom. The molecular weight excluding hydrogens is 430 g/mol. The van der Waals surface area contributed by atoms with Crippen molar-refractivity contribution in [3.8, 4) is 11.5 Å². The average molecular weight is 458 g/mol. The summed E-state index contributed by atoms with van der Waals surface area (Å²) in [4.78, 5) is 12.6. The van der Waals surface area contributed by atoms with Crippen LogP contribution in [-0.2, 0) is 26.2 Å². The molecule has 0 aliphatic heterocycles. The number of aryl methyl sites for hydroxylation is 1. The van der Waals surface area contributed by atoms with Crippen LogP contribution in [0.2, 0.25) is 0 Å². The maximum Gasteiger partial charge on any atom is 0.291 e. The van der Waals surface area contributed by atoms with Gasteiger partial charge in [0.25, 0.3) is 5.91 Å². The second-order valence-electron chi connectivity index (χ2n) is 7.65. The molecule has 1 amide bonds. The van der Waals surface area contributed by atoms with Crippen LogP contribution in [0, 0.1) is 0 Å². The third-order valence-electron chi connectivity index (χ3n) is 5.18. The molecule has 0 radical (unpaired) electrons. The monoisotopic (exact) mass is 457 g/mol. The second-order valence-corrected chi connectivity index (χ2v) is 7.65. The van der Waals surface area contributed by atoms with E-state index < -0.39 is 0 Å². The van der Waals surface area contributed by atoms with Gasteiger partial charge in [-0.3, -0.25) is 4.79 Å². The number of nitrogens with zero attached hydrogens (tertiary/aromatic N) is 2. The first-order valence-electron chi connectivity index (χ1n) is 11.1. The van der Waals surface area contributed by atoms with E-state index in [2.05, 4.69) is 23.9 Å². The van der Waals surface area contributed by atoms with E-state index in [1.54, 1.807) is 29.2 Å². The number of rotatable bonds is 11. The first kappa shape index (κ1) is 22.9. The number of anilines is 1. The van der Waals surface area contributed by atoms with Crippen LogP contribution in [0.15, 0.2) is 90.1 Å². The van der Waals surface area contributed by atoms with Gasteiger partial charge < -0.3 is 19.2 Å². The number of hydrogen-bond acceptors (Lipinski definition) is 5. The minimum absolute atomic E-state index is 0.193. The van der Waals surface area contributed by atoms with E-state index in [4.69, 9.17) is 13.9 Å². The number of furan rings is 1. The number of aromatic nitrogens is 2. The maximum absolute atomic E-state index is 12.6. The molecule has 34 heavy (non-hydrogen) atoms. The number of allylic oxidation sites excluding steroid dienone is 1. The van der Waals surface area contributed by atoms with E-state index in [1.165, 1.54) is 5.56 Å². The number of ether oxygens (including phenoxy) is 2. The van der Waals surface area contributed by atoms with Gasteiger partial charge in [0, 0.05) is 0 Å². The Kier molecular flexibility index (Phi) is 7.45. The SMILES string of the molecule is C=CCc1ccccc1OCc1ccc(C(=O)Nc2cnn(COc3ccc(CC)cc3)c2)o1. The van der Waals surface area contributed by atoms with E-state index in [1.807, 2.05) is 54.6 Å². The maximum atomic E-state index is 12.6. The lowest BCUT2D eigenvalue weighted by atomic mass is 10.1. The summed E-state index contributed by atoms with van der Waals surface area (Å²) in [5.74, 6) is 1.90. The van der Waals surface area contributed by atoms with Gasteiger partial charge in [0.15, 0.2) is 12.5 Å². The van der Waals surface area contributed by atoms with E-state index in [0.717, 1.165) is 23.5 Å². The molecule has 4 rings (SSSR count). The molecule has 0 bridgehead atoms. The highest BCUT2D eigenvalue weighted by molar-refractivity contribution is 6.02. The van der Waals surface area contributed by atoms with Crippen LogP contribution in [0.4, 0.5) is 5.69 Å². The largest absolute Gasteiger partial charge is 0.485 e. The molecular formula is C27H27N3O4. The fraction of sp³-hybridized carbons (Fsp3) is 0.185. The molecule has 0 unspecified atom stereocenters. The molecule has 2 aromatic carbocycles. The van der Waals surface area contributed by atoms with E-state index in [0.29, 0.717) is 17.9 Å². The van der Waals surface area contributed by atoms with Crippen molar-refractivity contribution < 1.29 is 18.7 Å². The fourth-order valence-electron chi connectivity index (χ4n) is 3.35. The quantitative estimate of drug-likeness (QED) is 0.295. The highest BCUT2D eigenvalue weighted by atomic mass is 16.5. The molecule has 2 heterocycles. The molecule has 174 valence electrons. The second kappa shape index (κ2) is 11.0. The standard InChI is InChI=1S/C27H27N3O4/c1-3-7-21-8-5-6-9-25(21)32-18-24-14-15-26(34-24)27(31)29-22-16-28-30(17-22)19-33-23-12-10-20(4-2)11-13-23/h3,5-6,8-17H,1,4,7,18-19H2,2H3,(H,29,31). The Hall–Kier alpha value is -4.26. The predicted molar refractivity (Wildman–Crippen MR) is 130 cm³/mol. The van der Waals surface area contributed by atoms with Gasteiger partial charge in [-0.15, -0.1) is 6.58 Å². The lowest BCUT2D eigenvalue weighted by molar-refractivity contribution is 0.0992. The van der Waals surface area contributed by atoms with Gasteiger partial charge in [-0.1, -0.05) is 43.3 Å². The molecule has 7 heteroatoms. The number of benzene rings is 2. The smallest absolute Gasteiger partial charge is 0.291 e. The number of amides is 1. The average Bonchev–Trinajstić information content (AvgIpc) is 3.52. The van der Waals surface area contributed by atoms with Crippen molar-refractivity contribution in [3.05, 3.63) is 108 Å². The molecule has 0 saturated heterocycles. The van der Waals surface area contributed by atoms with Gasteiger partial charge in [-0.2, -0.15) is 5.10 Å². The lowest BCUT2D eigenvalue weighted by Crippen LogP contribution is -2.10. The molecule has 2 aromatic heterocycles. The van der Waals surface area contributed by atoms with Crippen LogP contribution in [0.5, 0.6) is 11.5 Å². The highest BCUT2D eigenvalue weighted by Gasteiger charge is 2.13. The van der Waals surface area contributed by atoms with Crippen LogP contribution in [0.3, 0.4) is 0 Å². The van der Waals surface area contributed by atoms with E-state index in [-0.39, 0.29) is 25.0 Å². The van der Waals surface area contributed by atoms with Crippen molar-refractivity contribution in [2.24, 2.45) is 0 Å². The minimum Gasteiger partial charge on any atom is -0.485 e. The third-order valence-corrected chi connectivity index (χ3v) is 5.18. The van der Waals surface area contributed by atoms with Crippen LogP contribution in [0.1, 0.15) is 34.4 Å². The van der Waals surface area contributed by atoms with Gasteiger partial charge in [0.2, 0.25) is 0 Å². The molecule has 0 fully saturated rings. The zero-order valence-corrected chi connectivity index (χ0v) is 19.1. The van der Waals surface area contributed by atoms with Gasteiger partial charge >= 0.3 is 0 Å². The zero-order valence-electron chi connectivity index (χ0n) is 19.1. The molecule has 0 aliphatic rings. The van der Waals surface area contributed by atoms with E-state index in [9.17, 15) is 4.79 Å². The lowest BCUT2D eigenvalue weighted by Gasteiger charge is -2.08. The molecule has 0 aliphatic carbocycles. The van der Waals surface area contributed by atoms with Crippen molar-refractivity contribution in [1.82, 2.24) is 9.78 Å². The summed E-state index contributed by atoms with van der Waals surface area (Å²) in [5.41, 5.74) is 2.84. The Bertz CT molecular complexity index is 1240. The summed E-state index contributed by atoms with van der Waals surface area (Å²) in [6, 6.07) is 19.0. The number of para-hydroxylation sites is 1. The van der Waals surface area contributed by atoms with Gasteiger partial charge in [0.05, 0.1) is 18.1 Å². The van der Waals surface area contributed by atoms with Crippen LogP contribution in [0.25, 0.3) is 0 Å². The van der Waals surface area contributed by atoms with Crippen LogP contribution < -0.4 is 14.8 Å². The normalized spacial score (nSPS) is 10.6. The van der Waals surface area contributed by atoms with E-state index >= 15 is 0 Å². The molecule has 0 saturated carbocycles. The Balaban J connectivity index is 1.29. The molecule has 1 N–H and O–H groups in total. The Morgan fingerprint density at radius 3 is 2.74 bits per heavy atom. The number of hydrogen-bond donors (Lipinski definition) is 1. The summed E-state index contributed by atoms with van der Waals surface area (Å²) in [6.07, 6.45) is 6.78. The van der Waals surface area contributed by atoms with Crippen molar-refractivity contribution in [3.63, 3.8) is 0 Å². The van der Waals surface area contributed by atoms with Crippen molar-refractivity contribution in [1.29, 1.82) is 0 Å². The molecule has 0 spiro atoms. The number of carbonyl (C=O) groups excluding carboxylic acids is 1. The van der Waals surface area contributed by atoms with Crippen LogP contribution in [-0.4, -0.2) is 15.7 Å². The molecule has 4 aromatic rings. The summed E-state index contributed by atoms with van der Waals surface area (Å²) < 4.78 is 18.9. The Morgan fingerprint density at radius 1 is 1.12 bits per heavy atom. The van der Waals surface area contributed by atoms with Gasteiger partial charge in [0.1, 0.15) is 23.9 Å². The highest BCUT2D eigenvalue weighted by Crippen LogP contribution is 2.21. The van der Waals surface area contributed by atoms with Crippen molar-refractivity contribution in [2.45, 2.75) is 33.1 Å². The van der Waals surface area contributed by atoms with Gasteiger partial charge in [-0.05, 0) is 54.3 Å². The first-order chi connectivity index (χ1) is 16.6. The van der Waals surface area contributed by atoms with Crippen molar-refractivity contribution >= 4 is 11.6 Å². The molecule has 0 atom stereocenters.